The van der Waals surface area contributed by atoms with E-state index in [-0.39, 0.29) is 18.3 Å². The third-order valence-electron chi connectivity index (χ3n) is 3.18. The van der Waals surface area contributed by atoms with E-state index in [1.165, 1.54) is 13.2 Å². The Morgan fingerprint density at radius 1 is 1.30 bits per heavy atom. The average molecular weight is 382 g/mol. The van der Waals surface area contributed by atoms with Crippen LogP contribution in [-0.4, -0.2) is 19.6 Å². The summed E-state index contributed by atoms with van der Waals surface area (Å²) in [4.78, 5) is 12.3. The molecule has 0 radical (unpaired) electrons. The number of halogens is 2. The van der Waals surface area contributed by atoms with Crippen LogP contribution in [-0.2, 0) is 6.54 Å². The molecule has 23 heavy (non-hydrogen) atoms. The molecule has 2 rings (SSSR count). The van der Waals surface area contributed by atoms with Crippen molar-refractivity contribution >= 4 is 21.8 Å². The van der Waals surface area contributed by atoms with Crippen molar-refractivity contribution in [3.05, 3.63) is 57.8 Å². The normalized spacial score (nSPS) is 10.3. The minimum atomic E-state index is -0.349. The zero-order valence-corrected chi connectivity index (χ0v) is 14.4. The minimum Gasteiger partial charge on any atom is -0.493 e. The molecule has 2 aromatic rings. The largest absolute Gasteiger partial charge is 0.493 e. The van der Waals surface area contributed by atoms with Crippen LogP contribution in [0.1, 0.15) is 22.8 Å². The predicted octanol–water partition coefficient (Wildman–Crippen LogP) is 3.93. The van der Waals surface area contributed by atoms with Crippen LogP contribution >= 0.6 is 15.9 Å². The lowest BCUT2D eigenvalue weighted by molar-refractivity contribution is 0.0950. The van der Waals surface area contributed by atoms with Gasteiger partial charge in [0.2, 0.25) is 0 Å². The maximum atomic E-state index is 13.6. The number of carbonyl (C=O) groups is 1. The summed E-state index contributed by atoms with van der Waals surface area (Å²) < 4.78 is 24.9. The molecule has 0 atom stereocenters. The van der Waals surface area contributed by atoms with Crippen molar-refractivity contribution in [2.45, 2.75) is 13.5 Å². The molecule has 6 heteroatoms. The van der Waals surface area contributed by atoms with Gasteiger partial charge in [0.1, 0.15) is 5.82 Å². The maximum Gasteiger partial charge on any atom is 0.251 e. The molecule has 0 heterocycles. The summed E-state index contributed by atoms with van der Waals surface area (Å²) in [6.45, 7) is 2.45. The Kier molecular flexibility index (Phi) is 5.98. The summed E-state index contributed by atoms with van der Waals surface area (Å²) in [5, 5.41) is 2.69. The average Bonchev–Trinajstić information content (AvgIpc) is 2.55. The molecule has 0 saturated heterocycles. The molecule has 4 nitrogen and oxygen atoms in total. The highest BCUT2D eigenvalue weighted by Crippen LogP contribution is 2.36. The van der Waals surface area contributed by atoms with Gasteiger partial charge >= 0.3 is 0 Å². The van der Waals surface area contributed by atoms with Crippen molar-refractivity contribution in [1.29, 1.82) is 0 Å². The van der Waals surface area contributed by atoms with Crippen LogP contribution in [0.15, 0.2) is 40.9 Å². The van der Waals surface area contributed by atoms with E-state index >= 15 is 0 Å². The molecular weight excluding hydrogens is 365 g/mol. The molecule has 1 amide bonds. The lowest BCUT2D eigenvalue weighted by Gasteiger charge is -2.13. The van der Waals surface area contributed by atoms with Crippen LogP contribution in [0.5, 0.6) is 11.5 Å². The third-order valence-corrected chi connectivity index (χ3v) is 3.77. The van der Waals surface area contributed by atoms with Gasteiger partial charge < -0.3 is 14.8 Å². The first-order valence-corrected chi connectivity index (χ1v) is 7.88. The summed E-state index contributed by atoms with van der Waals surface area (Å²) >= 11 is 3.37. The first kappa shape index (κ1) is 17.3. The van der Waals surface area contributed by atoms with Gasteiger partial charge in [0.15, 0.2) is 11.5 Å². The van der Waals surface area contributed by atoms with E-state index in [4.69, 9.17) is 9.47 Å². The van der Waals surface area contributed by atoms with E-state index < -0.39 is 0 Å². The van der Waals surface area contributed by atoms with Gasteiger partial charge in [0.25, 0.3) is 5.91 Å². The Morgan fingerprint density at radius 2 is 2.04 bits per heavy atom. The number of methoxy groups -OCH3 is 1. The van der Waals surface area contributed by atoms with E-state index in [1.807, 2.05) is 6.92 Å². The highest BCUT2D eigenvalue weighted by molar-refractivity contribution is 9.10. The van der Waals surface area contributed by atoms with Crippen LogP contribution in [0, 0.1) is 5.82 Å². The highest BCUT2D eigenvalue weighted by Gasteiger charge is 2.15. The minimum absolute atomic E-state index is 0.110. The van der Waals surface area contributed by atoms with Gasteiger partial charge in [0, 0.05) is 17.7 Å². The zero-order chi connectivity index (χ0) is 16.8. The molecule has 0 aliphatic carbocycles. The molecule has 1 N–H and O–H groups in total. The molecule has 0 spiro atoms. The van der Waals surface area contributed by atoms with Crippen molar-refractivity contribution < 1.29 is 18.7 Å². The summed E-state index contributed by atoms with van der Waals surface area (Å²) in [6.07, 6.45) is 0. The Morgan fingerprint density at radius 3 is 2.70 bits per heavy atom. The molecule has 0 aromatic heterocycles. The summed E-state index contributed by atoms with van der Waals surface area (Å²) in [5.74, 6) is 0.325. The Labute approximate surface area is 142 Å². The molecule has 122 valence electrons. The zero-order valence-electron chi connectivity index (χ0n) is 12.9. The number of benzene rings is 2. The summed E-state index contributed by atoms with van der Waals surface area (Å²) in [5.41, 5.74) is 0.825. The molecule has 0 aliphatic rings. The van der Waals surface area contributed by atoms with Crippen molar-refractivity contribution in [1.82, 2.24) is 5.32 Å². The number of amides is 1. The lowest BCUT2D eigenvalue weighted by atomic mass is 10.1. The SMILES string of the molecule is CCOc1c(Br)cc(C(=O)NCc2ccccc2F)cc1OC. The topological polar surface area (TPSA) is 47.6 Å². The summed E-state index contributed by atoms with van der Waals surface area (Å²) in [6, 6.07) is 9.55. The molecule has 0 unspecified atom stereocenters. The van der Waals surface area contributed by atoms with Gasteiger partial charge in [-0.15, -0.1) is 0 Å². The maximum absolute atomic E-state index is 13.6. The van der Waals surface area contributed by atoms with Crippen molar-refractivity contribution in [2.75, 3.05) is 13.7 Å². The third kappa shape index (κ3) is 4.22. The molecule has 0 aliphatic heterocycles. The fraction of sp³-hybridized carbons (Fsp3) is 0.235. The van der Waals surface area contributed by atoms with Gasteiger partial charge in [-0.25, -0.2) is 4.39 Å². The van der Waals surface area contributed by atoms with Gasteiger partial charge in [-0.3, -0.25) is 4.79 Å². The van der Waals surface area contributed by atoms with E-state index in [2.05, 4.69) is 21.2 Å². The van der Waals surface area contributed by atoms with Gasteiger partial charge in [-0.1, -0.05) is 18.2 Å². The first-order chi connectivity index (χ1) is 11.1. The monoisotopic (exact) mass is 381 g/mol. The van der Waals surface area contributed by atoms with Crippen molar-refractivity contribution in [3.63, 3.8) is 0 Å². The van der Waals surface area contributed by atoms with Gasteiger partial charge in [-0.2, -0.15) is 0 Å². The molecule has 2 aromatic carbocycles. The van der Waals surface area contributed by atoms with Gasteiger partial charge in [-0.05, 0) is 41.1 Å². The number of carbonyl (C=O) groups excluding carboxylic acids is 1. The van der Waals surface area contributed by atoms with Crippen LogP contribution in [0.2, 0.25) is 0 Å². The smallest absolute Gasteiger partial charge is 0.251 e. The second kappa shape index (κ2) is 7.97. The predicted molar refractivity (Wildman–Crippen MR) is 89.4 cm³/mol. The number of ether oxygens (including phenoxy) is 2. The fourth-order valence-electron chi connectivity index (χ4n) is 2.05. The van der Waals surface area contributed by atoms with E-state index in [1.54, 1.807) is 30.3 Å². The van der Waals surface area contributed by atoms with E-state index in [0.717, 1.165) is 0 Å². The van der Waals surface area contributed by atoms with Crippen LogP contribution < -0.4 is 14.8 Å². The summed E-state index contributed by atoms with van der Waals surface area (Å²) in [7, 11) is 1.51. The number of hydrogen-bond acceptors (Lipinski definition) is 3. The van der Waals surface area contributed by atoms with Gasteiger partial charge in [0.05, 0.1) is 18.2 Å². The number of hydrogen-bond donors (Lipinski definition) is 1. The highest BCUT2D eigenvalue weighted by atomic mass is 79.9. The van der Waals surface area contributed by atoms with Crippen molar-refractivity contribution in [2.24, 2.45) is 0 Å². The van der Waals surface area contributed by atoms with Crippen LogP contribution in [0.4, 0.5) is 4.39 Å². The van der Waals surface area contributed by atoms with Crippen LogP contribution in [0.3, 0.4) is 0 Å². The Hall–Kier alpha value is -2.08. The van der Waals surface area contributed by atoms with E-state index in [9.17, 15) is 9.18 Å². The molecule has 0 saturated carbocycles. The number of rotatable bonds is 6. The first-order valence-electron chi connectivity index (χ1n) is 7.08. The fourth-order valence-corrected chi connectivity index (χ4v) is 2.61. The molecule has 0 fully saturated rings. The van der Waals surface area contributed by atoms with E-state index in [0.29, 0.717) is 33.7 Å². The van der Waals surface area contributed by atoms with Crippen LogP contribution in [0.25, 0.3) is 0 Å². The quantitative estimate of drug-likeness (QED) is 0.824. The molecular formula is C17H17BrFNO3. The molecule has 0 bridgehead atoms. The lowest BCUT2D eigenvalue weighted by Crippen LogP contribution is -2.23. The standard InChI is InChI=1S/C17H17BrFNO3/c1-3-23-16-13(18)8-12(9-15(16)22-2)17(21)20-10-11-6-4-5-7-14(11)19/h4-9H,3,10H2,1-2H3,(H,20,21). The number of nitrogens with one attached hydrogen (secondary N) is 1. The Bertz CT molecular complexity index is 706. The second-order valence-corrected chi connectivity index (χ2v) is 5.55. The second-order valence-electron chi connectivity index (χ2n) is 4.70. The van der Waals surface area contributed by atoms with Crippen molar-refractivity contribution in [3.8, 4) is 11.5 Å². The Balaban J connectivity index is 2.16.